The van der Waals surface area contributed by atoms with E-state index in [9.17, 15) is 10.1 Å². The van der Waals surface area contributed by atoms with E-state index >= 15 is 0 Å². The average Bonchev–Trinajstić information content (AvgIpc) is 2.86. The molecule has 20 heavy (non-hydrogen) atoms. The molecule has 1 aromatic heterocycles. The fourth-order valence-electron chi connectivity index (χ4n) is 2.70. The van der Waals surface area contributed by atoms with Crippen molar-refractivity contribution >= 4 is 16.8 Å². The Labute approximate surface area is 116 Å². The maximum Gasteiger partial charge on any atom is 0.250 e. The van der Waals surface area contributed by atoms with Crippen LogP contribution in [-0.2, 0) is 0 Å². The number of carbonyl (C=O) groups is 1. The van der Waals surface area contributed by atoms with Crippen LogP contribution in [0.15, 0.2) is 18.2 Å². The van der Waals surface area contributed by atoms with Crippen molar-refractivity contribution in [3.8, 4) is 6.07 Å². The molecule has 6 heteroatoms. The van der Waals surface area contributed by atoms with E-state index in [4.69, 9.17) is 5.73 Å². The molecule has 0 saturated carbocycles. The van der Waals surface area contributed by atoms with E-state index in [1.807, 2.05) is 0 Å². The molecule has 2 aromatic rings. The highest BCUT2D eigenvalue weighted by Crippen LogP contribution is 2.26. The molecule has 1 saturated heterocycles. The van der Waals surface area contributed by atoms with Crippen LogP contribution >= 0.6 is 0 Å². The molecule has 3 N–H and O–H groups in total. The highest BCUT2D eigenvalue weighted by atomic mass is 16.1. The lowest BCUT2D eigenvalue weighted by Gasteiger charge is -2.24. The van der Waals surface area contributed by atoms with Crippen molar-refractivity contribution in [2.45, 2.75) is 25.4 Å². The second kappa shape index (κ2) is 4.94. The topological polar surface area (TPSA) is 96.7 Å². The number of amides is 1. The Balaban J connectivity index is 2.20. The molecule has 6 nitrogen and oxygen atoms in total. The number of aromatic nitrogens is 2. The molecule has 1 aromatic carbocycles. The quantitative estimate of drug-likeness (QED) is 0.858. The summed E-state index contributed by atoms with van der Waals surface area (Å²) in [5.41, 5.74) is 6.71. The summed E-state index contributed by atoms with van der Waals surface area (Å²) < 4.78 is 1.69. The van der Waals surface area contributed by atoms with Gasteiger partial charge in [-0.1, -0.05) is 6.07 Å². The molecule has 0 spiro atoms. The highest BCUT2D eigenvalue weighted by Gasteiger charge is 2.22. The summed E-state index contributed by atoms with van der Waals surface area (Å²) in [7, 11) is 0. The molecule has 1 amide bonds. The van der Waals surface area contributed by atoms with Crippen LogP contribution in [0.1, 0.15) is 41.5 Å². The molecule has 1 fully saturated rings. The molecule has 3 rings (SSSR count). The van der Waals surface area contributed by atoms with Crippen molar-refractivity contribution in [2.75, 3.05) is 6.54 Å². The summed E-state index contributed by atoms with van der Waals surface area (Å²) >= 11 is 0. The first-order valence-electron chi connectivity index (χ1n) is 6.67. The normalized spacial score (nSPS) is 18.9. The van der Waals surface area contributed by atoms with Crippen LogP contribution in [0.2, 0.25) is 0 Å². The number of hydrogen-bond donors (Lipinski definition) is 2. The lowest BCUT2D eigenvalue weighted by Crippen LogP contribution is -2.32. The first-order chi connectivity index (χ1) is 9.72. The molecular weight excluding hydrogens is 254 g/mol. The fraction of sp³-hybridized carbons (Fsp3) is 0.357. The van der Waals surface area contributed by atoms with Crippen LogP contribution in [0.4, 0.5) is 0 Å². The van der Waals surface area contributed by atoms with Gasteiger partial charge in [0.05, 0.1) is 5.56 Å². The molecule has 1 atom stereocenters. The number of rotatable bonds is 2. The van der Waals surface area contributed by atoms with Crippen LogP contribution in [0, 0.1) is 11.3 Å². The summed E-state index contributed by atoms with van der Waals surface area (Å²) in [4.78, 5) is 11.5. The minimum atomic E-state index is -0.527. The second-order valence-electron chi connectivity index (χ2n) is 4.94. The molecule has 1 aliphatic rings. The molecule has 0 bridgehead atoms. The van der Waals surface area contributed by atoms with Crippen LogP contribution in [0.25, 0.3) is 10.9 Å². The zero-order valence-electron chi connectivity index (χ0n) is 11.0. The number of primary amides is 1. The monoisotopic (exact) mass is 269 g/mol. The van der Waals surface area contributed by atoms with E-state index in [0.29, 0.717) is 22.2 Å². The van der Waals surface area contributed by atoms with E-state index in [1.165, 1.54) is 0 Å². The van der Waals surface area contributed by atoms with Crippen LogP contribution < -0.4 is 11.1 Å². The Kier molecular flexibility index (Phi) is 3.12. The third-order valence-corrected chi connectivity index (χ3v) is 3.68. The van der Waals surface area contributed by atoms with Gasteiger partial charge in [0.15, 0.2) is 0 Å². The van der Waals surface area contributed by atoms with Gasteiger partial charge in [-0.25, -0.2) is 4.68 Å². The first-order valence-corrected chi connectivity index (χ1v) is 6.67. The smallest absolute Gasteiger partial charge is 0.250 e. The van der Waals surface area contributed by atoms with Crippen molar-refractivity contribution in [1.29, 1.82) is 5.26 Å². The number of nitrogens with zero attached hydrogens (tertiary/aromatic N) is 3. The maximum atomic E-state index is 11.5. The summed E-state index contributed by atoms with van der Waals surface area (Å²) in [6.45, 7) is 0.911. The first kappa shape index (κ1) is 12.6. The van der Waals surface area contributed by atoms with Gasteiger partial charge in [0.1, 0.15) is 23.4 Å². The Morgan fingerprint density at radius 1 is 1.50 bits per heavy atom. The fourth-order valence-corrected chi connectivity index (χ4v) is 2.70. The van der Waals surface area contributed by atoms with E-state index in [0.717, 1.165) is 25.8 Å². The Bertz CT molecular complexity index is 706. The van der Waals surface area contributed by atoms with Gasteiger partial charge in [0, 0.05) is 5.39 Å². The van der Waals surface area contributed by atoms with Crippen molar-refractivity contribution in [1.82, 2.24) is 15.1 Å². The number of hydrogen-bond acceptors (Lipinski definition) is 4. The van der Waals surface area contributed by atoms with Gasteiger partial charge in [-0.3, -0.25) is 10.1 Å². The third-order valence-electron chi connectivity index (χ3n) is 3.68. The lowest BCUT2D eigenvalue weighted by molar-refractivity contribution is 0.100. The molecule has 102 valence electrons. The van der Waals surface area contributed by atoms with E-state index < -0.39 is 5.91 Å². The Morgan fingerprint density at radius 2 is 2.35 bits per heavy atom. The van der Waals surface area contributed by atoms with Crippen molar-refractivity contribution in [2.24, 2.45) is 5.73 Å². The van der Waals surface area contributed by atoms with E-state index in [1.54, 1.807) is 22.9 Å². The molecule has 0 radical (unpaired) electrons. The van der Waals surface area contributed by atoms with Gasteiger partial charge < -0.3 is 5.73 Å². The van der Waals surface area contributed by atoms with E-state index in [-0.39, 0.29) is 6.17 Å². The number of piperidine rings is 1. The Morgan fingerprint density at radius 3 is 3.00 bits per heavy atom. The molecular formula is C14H15N5O. The number of nitrogens with one attached hydrogen (secondary N) is 1. The number of carbonyl (C=O) groups excluding carboxylic acids is 1. The number of nitrogens with two attached hydrogens (primary N) is 1. The number of nitriles is 1. The van der Waals surface area contributed by atoms with Crippen molar-refractivity contribution < 1.29 is 4.79 Å². The minimum Gasteiger partial charge on any atom is -0.366 e. The van der Waals surface area contributed by atoms with Crippen LogP contribution in [-0.4, -0.2) is 22.2 Å². The third kappa shape index (κ3) is 1.92. The molecule has 1 unspecified atom stereocenters. The zero-order chi connectivity index (χ0) is 14.1. The summed E-state index contributed by atoms with van der Waals surface area (Å²) in [6, 6.07) is 7.35. The summed E-state index contributed by atoms with van der Waals surface area (Å²) in [6.07, 6.45) is 3.16. The molecule has 2 heterocycles. The van der Waals surface area contributed by atoms with Gasteiger partial charge in [-0.15, -0.1) is 0 Å². The van der Waals surface area contributed by atoms with Gasteiger partial charge >= 0.3 is 0 Å². The van der Waals surface area contributed by atoms with Crippen LogP contribution in [0.5, 0.6) is 0 Å². The Hall–Kier alpha value is -2.39. The number of fused-ring (bicyclic) bond motifs is 1. The average molecular weight is 269 g/mol. The SMILES string of the molecule is N#Cc1c2cccc(C(N)=O)c2nn1C1CCCCN1. The predicted molar refractivity (Wildman–Crippen MR) is 73.9 cm³/mol. The minimum absolute atomic E-state index is 0.00604. The van der Waals surface area contributed by atoms with Crippen LogP contribution in [0.3, 0.4) is 0 Å². The number of benzene rings is 1. The van der Waals surface area contributed by atoms with Gasteiger partial charge in [0.2, 0.25) is 0 Å². The maximum absolute atomic E-state index is 11.5. The zero-order valence-corrected chi connectivity index (χ0v) is 11.0. The highest BCUT2D eigenvalue weighted by molar-refractivity contribution is 6.05. The predicted octanol–water partition coefficient (Wildman–Crippen LogP) is 1.28. The lowest BCUT2D eigenvalue weighted by atomic mass is 10.1. The van der Waals surface area contributed by atoms with Gasteiger partial charge in [-0.05, 0) is 37.9 Å². The molecule has 1 aliphatic heterocycles. The van der Waals surface area contributed by atoms with Crippen molar-refractivity contribution in [3.05, 3.63) is 29.5 Å². The van der Waals surface area contributed by atoms with Crippen molar-refractivity contribution in [3.63, 3.8) is 0 Å². The summed E-state index contributed by atoms with van der Waals surface area (Å²) in [5.74, 6) is -0.527. The van der Waals surface area contributed by atoms with Gasteiger partial charge in [0.25, 0.3) is 5.91 Å². The van der Waals surface area contributed by atoms with Gasteiger partial charge in [-0.2, -0.15) is 10.4 Å². The standard InChI is InChI=1S/C14H15N5O/c15-8-11-9-4-3-5-10(14(16)20)13(9)18-19(11)12-6-1-2-7-17-12/h3-5,12,17H,1-2,6-7H2,(H2,16,20). The second-order valence-corrected chi connectivity index (χ2v) is 4.94. The largest absolute Gasteiger partial charge is 0.366 e. The molecule has 0 aliphatic carbocycles. The van der Waals surface area contributed by atoms with E-state index in [2.05, 4.69) is 16.5 Å². The summed E-state index contributed by atoms with van der Waals surface area (Å²) in [5, 5.41) is 17.9.